The van der Waals surface area contributed by atoms with Crippen molar-refractivity contribution in [2.24, 2.45) is 0 Å². The maximum Gasteiger partial charge on any atom is 0.127 e. The summed E-state index contributed by atoms with van der Waals surface area (Å²) in [4.78, 5) is 10.8. The number of carbonyl (C=O) groups is 1. The zero-order valence-electron chi connectivity index (χ0n) is 8.41. The number of rotatable bonds is 2. The fraction of sp³-hybridized carbons (Fsp3) is 0.154. The number of fused-ring (bicyclic) bond motifs is 1. The SMILES string of the molecule is C[C@H](C=O)c1ccc2ccccc2c1Br. The molecule has 0 spiro atoms. The van der Waals surface area contributed by atoms with Crippen molar-refractivity contribution >= 4 is 33.0 Å². The summed E-state index contributed by atoms with van der Waals surface area (Å²) < 4.78 is 1.03. The van der Waals surface area contributed by atoms with Crippen LogP contribution in [0, 0.1) is 0 Å². The molecule has 0 fully saturated rings. The molecule has 0 N–H and O–H groups in total. The van der Waals surface area contributed by atoms with Gasteiger partial charge in [0, 0.05) is 10.4 Å². The first-order valence-corrected chi connectivity index (χ1v) is 5.66. The van der Waals surface area contributed by atoms with E-state index >= 15 is 0 Å². The summed E-state index contributed by atoms with van der Waals surface area (Å²) in [5.41, 5.74) is 1.05. The quantitative estimate of drug-likeness (QED) is 0.751. The van der Waals surface area contributed by atoms with E-state index in [1.807, 2.05) is 25.1 Å². The fourth-order valence-electron chi connectivity index (χ4n) is 1.68. The summed E-state index contributed by atoms with van der Waals surface area (Å²) in [5, 5.41) is 2.34. The van der Waals surface area contributed by atoms with Gasteiger partial charge >= 0.3 is 0 Å². The van der Waals surface area contributed by atoms with E-state index < -0.39 is 0 Å². The Kier molecular flexibility index (Phi) is 2.87. The Balaban J connectivity index is 2.70. The maximum absolute atomic E-state index is 10.8. The molecule has 0 amide bonds. The van der Waals surface area contributed by atoms with Crippen molar-refractivity contribution in [3.8, 4) is 0 Å². The van der Waals surface area contributed by atoms with Crippen LogP contribution in [-0.2, 0) is 4.79 Å². The Hall–Kier alpha value is -1.15. The Morgan fingerprint density at radius 3 is 2.67 bits per heavy atom. The Labute approximate surface area is 97.2 Å². The summed E-state index contributed by atoms with van der Waals surface area (Å²) >= 11 is 3.56. The first-order valence-electron chi connectivity index (χ1n) is 4.86. The van der Waals surface area contributed by atoms with Crippen LogP contribution < -0.4 is 0 Å². The van der Waals surface area contributed by atoms with Gasteiger partial charge in [-0.2, -0.15) is 0 Å². The summed E-state index contributed by atoms with van der Waals surface area (Å²) in [6, 6.07) is 12.2. The molecule has 1 atom stereocenters. The molecular formula is C13H11BrO. The molecule has 2 rings (SSSR count). The minimum absolute atomic E-state index is 0.0658. The highest BCUT2D eigenvalue weighted by atomic mass is 79.9. The van der Waals surface area contributed by atoms with Gasteiger partial charge in [-0.05, 0) is 32.3 Å². The number of hydrogen-bond donors (Lipinski definition) is 0. The Morgan fingerprint density at radius 2 is 1.93 bits per heavy atom. The molecular weight excluding hydrogens is 252 g/mol. The van der Waals surface area contributed by atoms with Crippen LogP contribution in [0.1, 0.15) is 18.4 Å². The lowest BCUT2D eigenvalue weighted by Crippen LogP contribution is -1.95. The molecule has 0 radical (unpaired) electrons. The van der Waals surface area contributed by atoms with Gasteiger partial charge in [0.15, 0.2) is 0 Å². The van der Waals surface area contributed by atoms with Crippen molar-refractivity contribution in [2.75, 3.05) is 0 Å². The van der Waals surface area contributed by atoms with Gasteiger partial charge in [0.1, 0.15) is 6.29 Å². The molecule has 0 saturated heterocycles. The number of hydrogen-bond acceptors (Lipinski definition) is 1. The molecule has 0 aliphatic rings. The standard InChI is InChI=1S/C13H11BrO/c1-9(8-15)11-7-6-10-4-2-3-5-12(10)13(11)14/h2-9H,1H3/t9-/m1/s1. The van der Waals surface area contributed by atoms with Crippen LogP contribution >= 0.6 is 15.9 Å². The van der Waals surface area contributed by atoms with Crippen molar-refractivity contribution in [3.63, 3.8) is 0 Å². The van der Waals surface area contributed by atoms with Gasteiger partial charge in [0.25, 0.3) is 0 Å². The van der Waals surface area contributed by atoms with Crippen molar-refractivity contribution in [1.82, 2.24) is 0 Å². The summed E-state index contributed by atoms with van der Waals surface area (Å²) in [6.45, 7) is 1.90. The largest absolute Gasteiger partial charge is 0.303 e. The third-order valence-electron chi connectivity index (χ3n) is 2.59. The molecule has 1 nitrogen and oxygen atoms in total. The van der Waals surface area contributed by atoms with Gasteiger partial charge in [0.2, 0.25) is 0 Å². The monoisotopic (exact) mass is 262 g/mol. The number of aldehydes is 1. The normalized spacial score (nSPS) is 12.7. The van der Waals surface area contributed by atoms with E-state index in [2.05, 4.69) is 34.1 Å². The van der Waals surface area contributed by atoms with E-state index in [-0.39, 0.29) is 5.92 Å². The molecule has 0 aromatic heterocycles. The van der Waals surface area contributed by atoms with Gasteiger partial charge in [0.05, 0.1) is 0 Å². The molecule has 2 heteroatoms. The van der Waals surface area contributed by atoms with Crippen LogP contribution in [0.2, 0.25) is 0 Å². The molecule has 2 aromatic carbocycles. The lowest BCUT2D eigenvalue weighted by Gasteiger charge is -2.09. The smallest absolute Gasteiger partial charge is 0.127 e. The topological polar surface area (TPSA) is 17.1 Å². The van der Waals surface area contributed by atoms with E-state index in [9.17, 15) is 4.79 Å². The van der Waals surface area contributed by atoms with Crippen LogP contribution in [0.25, 0.3) is 10.8 Å². The van der Waals surface area contributed by atoms with Crippen LogP contribution in [0.15, 0.2) is 40.9 Å². The first kappa shape index (κ1) is 10.4. The fourth-order valence-corrected chi connectivity index (χ4v) is 2.53. The van der Waals surface area contributed by atoms with E-state index in [0.717, 1.165) is 21.7 Å². The van der Waals surface area contributed by atoms with Crippen molar-refractivity contribution in [3.05, 3.63) is 46.4 Å². The average molecular weight is 263 g/mol. The summed E-state index contributed by atoms with van der Waals surface area (Å²) in [5.74, 6) is -0.0658. The minimum atomic E-state index is -0.0658. The zero-order chi connectivity index (χ0) is 10.8. The second kappa shape index (κ2) is 4.15. The van der Waals surface area contributed by atoms with E-state index in [0.29, 0.717) is 0 Å². The molecule has 15 heavy (non-hydrogen) atoms. The van der Waals surface area contributed by atoms with E-state index in [4.69, 9.17) is 0 Å². The molecule has 76 valence electrons. The van der Waals surface area contributed by atoms with Crippen LogP contribution in [0.5, 0.6) is 0 Å². The average Bonchev–Trinajstić information content (AvgIpc) is 2.29. The maximum atomic E-state index is 10.8. The highest BCUT2D eigenvalue weighted by Gasteiger charge is 2.10. The van der Waals surface area contributed by atoms with Crippen LogP contribution in [0.4, 0.5) is 0 Å². The molecule has 0 aliphatic carbocycles. The zero-order valence-corrected chi connectivity index (χ0v) is 9.99. The Bertz CT molecular complexity index is 505. The van der Waals surface area contributed by atoms with Crippen molar-refractivity contribution in [2.45, 2.75) is 12.8 Å². The number of benzene rings is 2. The van der Waals surface area contributed by atoms with E-state index in [1.54, 1.807) is 0 Å². The second-order valence-corrected chi connectivity index (χ2v) is 4.41. The van der Waals surface area contributed by atoms with Gasteiger partial charge < -0.3 is 4.79 Å². The second-order valence-electron chi connectivity index (χ2n) is 3.61. The molecule has 0 bridgehead atoms. The number of halogens is 1. The van der Waals surface area contributed by atoms with Gasteiger partial charge in [-0.3, -0.25) is 0 Å². The lowest BCUT2D eigenvalue weighted by molar-refractivity contribution is -0.108. The summed E-state index contributed by atoms with van der Waals surface area (Å²) in [6.07, 6.45) is 0.967. The van der Waals surface area contributed by atoms with Gasteiger partial charge in [-0.1, -0.05) is 43.3 Å². The van der Waals surface area contributed by atoms with E-state index in [1.165, 1.54) is 5.39 Å². The third-order valence-corrected chi connectivity index (χ3v) is 3.47. The highest BCUT2D eigenvalue weighted by Crippen LogP contribution is 2.31. The van der Waals surface area contributed by atoms with Crippen LogP contribution in [0.3, 0.4) is 0 Å². The van der Waals surface area contributed by atoms with Crippen molar-refractivity contribution in [1.29, 1.82) is 0 Å². The molecule has 0 saturated carbocycles. The highest BCUT2D eigenvalue weighted by molar-refractivity contribution is 9.10. The predicted molar refractivity (Wildman–Crippen MR) is 66.1 cm³/mol. The van der Waals surface area contributed by atoms with Crippen LogP contribution in [-0.4, -0.2) is 6.29 Å². The first-order chi connectivity index (χ1) is 7.24. The van der Waals surface area contributed by atoms with Gasteiger partial charge in [-0.25, -0.2) is 0 Å². The minimum Gasteiger partial charge on any atom is -0.303 e. The third kappa shape index (κ3) is 1.82. The Morgan fingerprint density at radius 1 is 1.20 bits per heavy atom. The molecule has 0 unspecified atom stereocenters. The molecule has 0 heterocycles. The number of carbonyl (C=O) groups excluding carboxylic acids is 1. The predicted octanol–water partition coefficient (Wildman–Crippen LogP) is 3.90. The lowest BCUT2D eigenvalue weighted by atomic mass is 9.99. The molecule has 0 aliphatic heterocycles. The molecule has 2 aromatic rings. The van der Waals surface area contributed by atoms with Gasteiger partial charge in [-0.15, -0.1) is 0 Å². The summed E-state index contributed by atoms with van der Waals surface area (Å²) in [7, 11) is 0. The van der Waals surface area contributed by atoms with Crippen molar-refractivity contribution < 1.29 is 4.79 Å².